The number of nitrogen functional groups attached to an aromatic ring is 1. The molecule has 1 aliphatic heterocycles. The first-order valence-corrected chi connectivity index (χ1v) is 7.81. The quantitative estimate of drug-likeness (QED) is 0.762. The summed E-state index contributed by atoms with van der Waals surface area (Å²) in [7, 11) is 0. The molecule has 0 radical (unpaired) electrons. The number of nitrogens with zero attached hydrogens (tertiary/aromatic N) is 3. The summed E-state index contributed by atoms with van der Waals surface area (Å²) in [5, 5.41) is 7.83. The lowest BCUT2D eigenvalue weighted by molar-refractivity contribution is 0.431. The topological polar surface area (TPSA) is 68.8 Å². The molecular formula is C18H19N5. The van der Waals surface area contributed by atoms with Crippen molar-refractivity contribution in [3.8, 4) is 0 Å². The summed E-state index contributed by atoms with van der Waals surface area (Å²) in [5.74, 6) is 1.03. The van der Waals surface area contributed by atoms with Gasteiger partial charge in [0.1, 0.15) is 0 Å². The Balaban J connectivity index is 1.76. The second-order valence-electron chi connectivity index (χ2n) is 6.01. The van der Waals surface area contributed by atoms with Gasteiger partial charge in [-0.3, -0.25) is 0 Å². The summed E-state index contributed by atoms with van der Waals surface area (Å²) >= 11 is 0. The maximum atomic E-state index is 5.82. The molecule has 0 bridgehead atoms. The molecule has 5 heteroatoms. The van der Waals surface area contributed by atoms with Crippen LogP contribution in [-0.4, -0.2) is 14.8 Å². The van der Waals surface area contributed by atoms with Crippen LogP contribution in [0.4, 0.5) is 11.9 Å². The van der Waals surface area contributed by atoms with Crippen LogP contribution in [0.15, 0.2) is 54.6 Å². The van der Waals surface area contributed by atoms with E-state index in [9.17, 15) is 0 Å². The largest absolute Gasteiger partial charge is 0.366 e. The Labute approximate surface area is 135 Å². The number of nitrogens with two attached hydrogens (primary N) is 1. The van der Waals surface area contributed by atoms with E-state index >= 15 is 0 Å². The Morgan fingerprint density at radius 3 is 2.52 bits per heavy atom. The van der Waals surface area contributed by atoms with Crippen LogP contribution >= 0.6 is 0 Å². The van der Waals surface area contributed by atoms with Crippen LogP contribution in [0.2, 0.25) is 0 Å². The molecule has 0 aliphatic carbocycles. The highest BCUT2D eigenvalue weighted by molar-refractivity contribution is 5.41. The third-order valence-corrected chi connectivity index (χ3v) is 4.37. The van der Waals surface area contributed by atoms with E-state index in [-0.39, 0.29) is 12.1 Å². The van der Waals surface area contributed by atoms with Gasteiger partial charge < -0.3 is 11.1 Å². The van der Waals surface area contributed by atoms with E-state index in [2.05, 4.69) is 70.9 Å². The summed E-state index contributed by atoms with van der Waals surface area (Å²) in [6.07, 6.45) is 0.906. The Morgan fingerprint density at radius 2 is 1.78 bits per heavy atom. The second-order valence-corrected chi connectivity index (χ2v) is 6.01. The van der Waals surface area contributed by atoms with Crippen LogP contribution in [0.1, 0.15) is 35.2 Å². The number of hydrogen-bond acceptors (Lipinski definition) is 4. The second kappa shape index (κ2) is 5.43. The van der Waals surface area contributed by atoms with E-state index in [0.29, 0.717) is 5.95 Å². The Bertz CT molecular complexity index is 807. The molecule has 1 aromatic heterocycles. The third-order valence-electron chi connectivity index (χ3n) is 4.37. The van der Waals surface area contributed by atoms with Gasteiger partial charge in [-0.25, -0.2) is 4.68 Å². The van der Waals surface area contributed by atoms with E-state index in [1.807, 2.05) is 10.7 Å². The van der Waals surface area contributed by atoms with Crippen LogP contribution in [0.5, 0.6) is 0 Å². The van der Waals surface area contributed by atoms with E-state index in [1.54, 1.807) is 0 Å². The van der Waals surface area contributed by atoms with Crippen molar-refractivity contribution < 1.29 is 0 Å². The monoisotopic (exact) mass is 305 g/mol. The van der Waals surface area contributed by atoms with Crippen molar-refractivity contribution in [3.63, 3.8) is 0 Å². The number of aromatic nitrogens is 3. The lowest BCUT2D eigenvalue weighted by Gasteiger charge is -2.31. The fraction of sp³-hybridized carbons (Fsp3) is 0.222. The average Bonchev–Trinajstić information content (AvgIpc) is 2.96. The summed E-state index contributed by atoms with van der Waals surface area (Å²) in [4.78, 5) is 4.34. The Hall–Kier alpha value is -2.82. The lowest BCUT2D eigenvalue weighted by atomic mass is 9.93. The molecule has 2 heterocycles. The summed E-state index contributed by atoms with van der Waals surface area (Å²) in [6, 6.07) is 19.3. The molecule has 5 nitrogen and oxygen atoms in total. The first-order chi connectivity index (χ1) is 11.2. The van der Waals surface area contributed by atoms with Gasteiger partial charge in [0.05, 0.1) is 12.1 Å². The number of anilines is 2. The molecule has 116 valence electrons. The van der Waals surface area contributed by atoms with Gasteiger partial charge in [0.2, 0.25) is 11.9 Å². The standard InChI is InChI=1S/C18H19N5/c1-12-7-9-14(10-8-12)16-11-15(13-5-3-2-4-6-13)20-18-21-17(19)22-23(16)18/h2-10,15-16H,11H2,1H3,(H3,19,20,21,22)/t15-,16-/m0/s1. The minimum absolute atomic E-state index is 0.127. The van der Waals surface area contributed by atoms with Gasteiger partial charge in [-0.2, -0.15) is 4.98 Å². The highest BCUT2D eigenvalue weighted by atomic mass is 15.4. The molecule has 0 fully saturated rings. The normalized spacial score (nSPS) is 19.9. The average molecular weight is 305 g/mol. The molecule has 4 rings (SSSR count). The van der Waals surface area contributed by atoms with Gasteiger partial charge in [0.15, 0.2) is 0 Å². The maximum absolute atomic E-state index is 5.82. The van der Waals surface area contributed by atoms with Crippen molar-refractivity contribution in [2.45, 2.75) is 25.4 Å². The molecular weight excluding hydrogens is 286 g/mol. The van der Waals surface area contributed by atoms with Crippen molar-refractivity contribution in [1.29, 1.82) is 0 Å². The maximum Gasteiger partial charge on any atom is 0.241 e. The van der Waals surface area contributed by atoms with Crippen LogP contribution in [0, 0.1) is 6.92 Å². The van der Waals surface area contributed by atoms with Crippen molar-refractivity contribution in [1.82, 2.24) is 14.8 Å². The van der Waals surface area contributed by atoms with Crippen LogP contribution in [-0.2, 0) is 0 Å². The minimum Gasteiger partial charge on any atom is -0.366 e. The van der Waals surface area contributed by atoms with Gasteiger partial charge >= 0.3 is 0 Å². The molecule has 0 saturated heterocycles. The van der Waals surface area contributed by atoms with Gasteiger partial charge in [-0.05, 0) is 24.5 Å². The van der Waals surface area contributed by atoms with Crippen LogP contribution in [0.25, 0.3) is 0 Å². The summed E-state index contributed by atoms with van der Waals surface area (Å²) in [5.41, 5.74) is 9.55. The predicted molar refractivity (Wildman–Crippen MR) is 91.2 cm³/mol. The SMILES string of the molecule is Cc1ccc([C@@H]2C[C@@H](c3ccccc3)Nc3nc(N)nn32)cc1. The molecule has 23 heavy (non-hydrogen) atoms. The third kappa shape index (κ3) is 2.54. The molecule has 0 unspecified atom stereocenters. The number of aryl methyl sites for hydroxylation is 1. The van der Waals surface area contributed by atoms with E-state index in [1.165, 1.54) is 16.7 Å². The van der Waals surface area contributed by atoms with Crippen LogP contribution in [0.3, 0.4) is 0 Å². The molecule has 2 atom stereocenters. The zero-order valence-corrected chi connectivity index (χ0v) is 13.0. The molecule has 0 saturated carbocycles. The number of nitrogens with one attached hydrogen (secondary N) is 1. The van der Waals surface area contributed by atoms with Crippen molar-refractivity contribution in [2.24, 2.45) is 0 Å². The summed E-state index contributed by atoms with van der Waals surface area (Å²) in [6.45, 7) is 2.10. The molecule has 3 aromatic rings. The fourth-order valence-corrected chi connectivity index (χ4v) is 3.16. The Kier molecular flexibility index (Phi) is 3.26. The number of benzene rings is 2. The molecule has 1 aliphatic rings. The molecule has 0 amide bonds. The molecule has 3 N–H and O–H groups in total. The molecule has 2 aromatic carbocycles. The fourth-order valence-electron chi connectivity index (χ4n) is 3.16. The van der Waals surface area contributed by atoms with Crippen molar-refractivity contribution in [2.75, 3.05) is 11.1 Å². The zero-order valence-electron chi connectivity index (χ0n) is 13.0. The lowest BCUT2D eigenvalue weighted by Crippen LogP contribution is -2.28. The van der Waals surface area contributed by atoms with E-state index in [0.717, 1.165) is 12.4 Å². The van der Waals surface area contributed by atoms with Gasteiger partial charge in [0, 0.05) is 0 Å². The minimum atomic E-state index is 0.127. The zero-order chi connectivity index (χ0) is 15.8. The number of rotatable bonds is 2. The van der Waals surface area contributed by atoms with Crippen LogP contribution < -0.4 is 11.1 Å². The first-order valence-electron chi connectivity index (χ1n) is 7.81. The highest BCUT2D eigenvalue weighted by Crippen LogP contribution is 2.37. The van der Waals surface area contributed by atoms with E-state index in [4.69, 9.17) is 5.73 Å². The number of fused-ring (bicyclic) bond motifs is 1. The smallest absolute Gasteiger partial charge is 0.241 e. The van der Waals surface area contributed by atoms with Crippen molar-refractivity contribution >= 4 is 11.9 Å². The van der Waals surface area contributed by atoms with Gasteiger partial charge in [0.25, 0.3) is 0 Å². The van der Waals surface area contributed by atoms with Gasteiger partial charge in [-0.1, -0.05) is 60.2 Å². The molecule has 0 spiro atoms. The van der Waals surface area contributed by atoms with Gasteiger partial charge in [-0.15, -0.1) is 5.10 Å². The first kappa shape index (κ1) is 13.8. The predicted octanol–water partition coefficient (Wildman–Crippen LogP) is 3.32. The highest BCUT2D eigenvalue weighted by Gasteiger charge is 2.30. The summed E-state index contributed by atoms with van der Waals surface area (Å²) < 4.78 is 1.90. The number of hydrogen-bond donors (Lipinski definition) is 2. The van der Waals surface area contributed by atoms with E-state index < -0.39 is 0 Å². The Morgan fingerprint density at radius 1 is 1.04 bits per heavy atom. The van der Waals surface area contributed by atoms with Crippen molar-refractivity contribution in [3.05, 3.63) is 71.3 Å².